The molecule has 0 aliphatic carbocycles. The predicted octanol–water partition coefficient (Wildman–Crippen LogP) is 0.109. The summed E-state index contributed by atoms with van der Waals surface area (Å²) in [6.07, 6.45) is 0.443. The van der Waals surface area contributed by atoms with Crippen molar-refractivity contribution in [1.82, 2.24) is 26.2 Å². The Morgan fingerprint density at radius 3 is 2.04 bits per heavy atom. The van der Waals surface area contributed by atoms with E-state index in [1.807, 2.05) is 0 Å². The molecule has 17 nitrogen and oxygen atoms in total. The fraction of sp³-hybridized carbons (Fsp3) is 0.714. The predicted molar refractivity (Wildman–Crippen MR) is 171 cm³/mol. The van der Waals surface area contributed by atoms with Crippen LogP contribution in [0.2, 0.25) is 0 Å². The quantitative estimate of drug-likeness (QED) is 0.0310. The number of carbonyl (C=O) groups is 7. The molecular weight excluding hydrogens is 627 g/mol. The summed E-state index contributed by atoms with van der Waals surface area (Å²) in [4.78, 5) is 87.0. The molecule has 262 valence electrons. The number of amides is 4. The van der Waals surface area contributed by atoms with Gasteiger partial charge in [-0.3, -0.25) is 29.0 Å². The van der Waals surface area contributed by atoms with Crippen molar-refractivity contribution in [2.75, 3.05) is 78.5 Å². The molecule has 0 aromatic rings. The maximum absolute atomic E-state index is 12.6. The number of carbonyl (C=O) groups excluding carboxylic acids is 5. The van der Waals surface area contributed by atoms with Gasteiger partial charge in [-0.2, -0.15) is 0 Å². The first kappa shape index (κ1) is 42.3. The third-order valence-corrected chi connectivity index (χ3v) is 7.93. The topological polar surface area (TPSA) is 242 Å². The van der Waals surface area contributed by atoms with E-state index in [4.69, 9.17) is 14.6 Å². The van der Waals surface area contributed by atoms with E-state index in [0.29, 0.717) is 6.42 Å². The van der Waals surface area contributed by atoms with E-state index < -0.39 is 37.3 Å². The minimum atomic E-state index is -1.32. The molecule has 2 atom stereocenters. The van der Waals surface area contributed by atoms with Crippen molar-refractivity contribution < 1.29 is 53.2 Å². The number of ether oxygens (including phenoxy) is 2. The highest BCUT2D eigenvalue weighted by Gasteiger charge is 2.27. The van der Waals surface area contributed by atoms with Gasteiger partial charge in [0.05, 0.1) is 45.8 Å². The maximum atomic E-state index is 12.6. The van der Waals surface area contributed by atoms with E-state index in [0.717, 1.165) is 0 Å². The molecule has 46 heavy (non-hydrogen) atoms. The Morgan fingerprint density at radius 1 is 0.870 bits per heavy atom. The highest BCUT2D eigenvalue weighted by atomic mass is 31.1. The second kappa shape index (κ2) is 23.6. The molecule has 0 spiro atoms. The SMILES string of the molecule is CC(=O)CN(CC(C)=O)C(=O)CCNC(=O)C(C)(C)CCOCCOCCNC(=O)P(C)C[C@H](N/C=N\CCNC(=O)O)C(=O)O. The average Bonchev–Trinajstić information content (AvgIpc) is 2.95. The van der Waals surface area contributed by atoms with Gasteiger partial charge >= 0.3 is 12.1 Å². The van der Waals surface area contributed by atoms with E-state index in [2.05, 4.69) is 26.3 Å². The van der Waals surface area contributed by atoms with Crippen LogP contribution >= 0.6 is 7.92 Å². The van der Waals surface area contributed by atoms with Gasteiger partial charge in [-0.05, 0) is 34.9 Å². The molecular formula is C28H49N6O11P. The number of hydrogen-bond donors (Lipinski definition) is 6. The summed E-state index contributed by atoms with van der Waals surface area (Å²) >= 11 is 0. The van der Waals surface area contributed by atoms with Crippen LogP contribution in [0.1, 0.15) is 40.5 Å². The van der Waals surface area contributed by atoms with Crippen LogP contribution < -0.4 is 21.3 Å². The summed E-state index contributed by atoms with van der Waals surface area (Å²) in [5.41, 5.74) is -1.05. The van der Waals surface area contributed by atoms with Gasteiger partial charge in [0.1, 0.15) is 17.6 Å². The largest absolute Gasteiger partial charge is 0.480 e. The van der Waals surface area contributed by atoms with Gasteiger partial charge in [-0.1, -0.05) is 13.8 Å². The number of Topliss-reactive ketones (excluding diaryl/α,β-unsaturated/α-hetero) is 2. The molecule has 0 radical (unpaired) electrons. The minimum Gasteiger partial charge on any atom is -0.480 e. The van der Waals surface area contributed by atoms with E-state index in [1.165, 1.54) is 25.1 Å². The molecule has 0 bridgehead atoms. The fourth-order valence-electron chi connectivity index (χ4n) is 3.57. The van der Waals surface area contributed by atoms with E-state index >= 15 is 0 Å². The molecule has 0 saturated heterocycles. The van der Waals surface area contributed by atoms with Crippen LogP contribution in [0.4, 0.5) is 9.59 Å². The molecule has 0 rings (SSSR count). The number of rotatable bonds is 26. The highest BCUT2D eigenvalue weighted by Crippen LogP contribution is 2.31. The van der Waals surface area contributed by atoms with Crippen molar-refractivity contribution >= 4 is 55.4 Å². The number of aliphatic imine (C=N–C) groups is 1. The molecule has 0 aromatic heterocycles. The second-order valence-electron chi connectivity index (χ2n) is 11.0. The first-order valence-corrected chi connectivity index (χ1v) is 16.7. The number of nitrogens with zero attached hydrogens (tertiary/aromatic N) is 2. The number of ketones is 2. The molecule has 0 aliphatic heterocycles. The first-order valence-electron chi connectivity index (χ1n) is 14.7. The minimum absolute atomic E-state index is 0.0386. The van der Waals surface area contributed by atoms with Crippen molar-refractivity contribution in [2.24, 2.45) is 10.4 Å². The lowest BCUT2D eigenvalue weighted by atomic mass is 9.88. The third kappa shape index (κ3) is 21.1. The van der Waals surface area contributed by atoms with Gasteiger partial charge in [-0.25, -0.2) is 9.59 Å². The smallest absolute Gasteiger partial charge is 0.404 e. The van der Waals surface area contributed by atoms with Crippen LogP contribution in [0, 0.1) is 5.41 Å². The van der Waals surface area contributed by atoms with Gasteiger partial charge in [0.2, 0.25) is 17.5 Å². The first-order chi connectivity index (χ1) is 21.6. The Balaban J connectivity index is 4.17. The zero-order chi connectivity index (χ0) is 35.1. The number of hydrogen-bond acceptors (Lipinski definition) is 10. The van der Waals surface area contributed by atoms with Crippen molar-refractivity contribution in [1.29, 1.82) is 0 Å². The number of carboxylic acids is 1. The Bertz CT molecular complexity index is 1040. The van der Waals surface area contributed by atoms with Gasteiger partial charge < -0.3 is 45.9 Å². The van der Waals surface area contributed by atoms with Crippen LogP contribution in [0.15, 0.2) is 4.99 Å². The molecule has 0 aromatic carbocycles. The van der Waals surface area contributed by atoms with Crippen LogP contribution in [0.5, 0.6) is 0 Å². The highest BCUT2D eigenvalue weighted by molar-refractivity contribution is 7.74. The number of aliphatic carboxylic acids is 1. The van der Waals surface area contributed by atoms with Crippen LogP contribution in [0.3, 0.4) is 0 Å². The Morgan fingerprint density at radius 2 is 1.48 bits per heavy atom. The normalized spacial score (nSPS) is 12.5. The van der Waals surface area contributed by atoms with Crippen molar-refractivity contribution in [3.63, 3.8) is 0 Å². The van der Waals surface area contributed by atoms with E-state index in [1.54, 1.807) is 20.5 Å². The van der Waals surface area contributed by atoms with Crippen molar-refractivity contribution in [2.45, 2.75) is 46.6 Å². The van der Waals surface area contributed by atoms with Crippen LogP contribution in [-0.2, 0) is 33.4 Å². The molecule has 0 saturated carbocycles. The third-order valence-electron chi connectivity index (χ3n) is 6.17. The summed E-state index contributed by atoms with van der Waals surface area (Å²) in [7, 11) is -1.32. The molecule has 0 heterocycles. The van der Waals surface area contributed by atoms with Gasteiger partial charge in [0.25, 0.3) is 0 Å². The van der Waals surface area contributed by atoms with Gasteiger partial charge in [0.15, 0.2) is 0 Å². The van der Waals surface area contributed by atoms with E-state index in [-0.39, 0.29) is 101 Å². The summed E-state index contributed by atoms with van der Waals surface area (Å²) in [5.74, 6) is -2.28. The van der Waals surface area contributed by atoms with Gasteiger partial charge in [0, 0.05) is 44.2 Å². The lowest BCUT2D eigenvalue weighted by Crippen LogP contribution is -2.42. The monoisotopic (exact) mass is 676 g/mol. The summed E-state index contributed by atoms with van der Waals surface area (Å²) in [6, 6.07) is -1.03. The lowest BCUT2D eigenvalue weighted by molar-refractivity contribution is -0.138. The number of nitrogens with one attached hydrogen (secondary N) is 4. The van der Waals surface area contributed by atoms with Crippen molar-refractivity contribution in [3.05, 3.63) is 0 Å². The summed E-state index contributed by atoms with van der Waals surface area (Å²) in [5, 5.41) is 28.0. The molecule has 18 heteroatoms. The zero-order valence-electron chi connectivity index (χ0n) is 27.3. The Hall–Kier alpha value is -3.69. The number of carboxylic acid groups (broad SMARTS) is 2. The summed E-state index contributed by atoms with van der Waals surface area (Å²) < 4.78 is 11.0. The molecule has 0 fully saturated rings. The van der Waals surface area contributed by atoms with E-state index in [9.17, 15) is 38.7 Å². The summed E-state index contributed by atoms with van der Waals surface area (Å²) in [6.45, 7) is 9.05. The molecule has 0 aliphatic rings. The van der Waals surface area contributed by atoms with Crippen LogP contribution in [0.25, 0.3) is 0 Å². The lowest BCUT2D eigenvalue weighted by Gasteiger charge is -2.24. The zero-order valence-corrected chi connectivity index (χ0v) is 28.2. The average molecular weight is 677 g/mol. The Kier molecular flexibility index (Phi) is 21.7. The van der Waals surface area contributed by atoms with Crippen LogP contribution in [-0.4, -0.2) is 147 Å². The maximum Gasteiger partial charge on any atom is 0.404 e. The molecule has 4 amide bonds. The Labute approximate surface area is 270 Å². The molecule has 6 N–H and O–H groups in total. The second-order valence-corrected chi connectivity index (χ2v) is 13.1. The molecule has 1 unspecified atom stereocenters. The van der Waals surface area contributed by atoms with Crippen molar-refractivity contribution in [3.8, 4) is 0 Å². The fourth-order valence-corrected chi connectivity index (χ4v) is 4.93. The van der Waals surface area contributed by atoms with Gasteiger partial charge in [-0.15, -0.1) is 0 Å². The standard InChI is InChI=1S/C28H49N6O11P/c1-20(35)16-34(17-21(2)36)23(37)6-8-30-25(40)28(3,4)7-12-44-14-15-45-13-11-32-27(43)46(5)18-22(24(38)39)33-19-29-9-10-31-26(41)42/h19,22,31H,6-18H2,1-5H3,(H,29,33)(H,30,40)(H,32,43)(H,38,39)(H,41,42)/t22-,46?/m0/s1.